The van der Waals surface area contributed by atoms with E-state index in [1.165, 1.54) is 48.5 Å². The lowest BCUT2D eigenvalue weighted by Crippen LogP contribution is -2.36. The molecule has 1 aliphatic carbocycles. The molecule has 2 N–H and O–H groups in total. The molecule has 34 heavy (non-hydrogen) atoms. The van der Waals surface area contributed by atoms with Gasteiger partial charge in [-0.2, -0.15) is 0 Å². The number of rotatable bonds is 6. The molecule has 1 saturated carbocycles. The van der Waals surface area contributed by atoms with Gasteiger partial charge >= 0.3 is 35.8 Å². The topological polar surface area (TPSA) is 161 Å². The number of ether oxygens (including phenoxy) is 2. The Morgan fingerprint density at radius 2 is 0.853 bits per heavy atom. The van der Waals surface area contributed by atoms with Gasteiger partial charge in [0.2, 0.25) is 0 Å². The Morgan fingerprint density at radius 1 is 0.559 bits per heavy atom. The highest BCUT2D eigenvalue weighted by atomic mass is 16.6. The van der Waals surface area contributed by atoms with Gasteiger partial charge in [-0.15, -0.1) is 0 Å². The molecule has 10 heteroatoms. The number of carboxylic acids is 2. The minimum absolute atomic E-state index is 0.0340. The van der Waals surface area contributed by atoms with Crippen molar-refractivity contribution in [2.75, 3.05) is 0 Å². The van der Waals surface area contributed by atoms with E-state index in [0.29, 0.717) is 12.8 Å². The van der Waals surface area contributed by atoms with Gasteiger partial charge in [0.05, 0.1) is 34.1 Å². The van der Waals surface area contributed by atoms with E-state index in [9.17, 15) is 28.8 Å². The van der Waals surface area contributed by atoms with Crippen molar-refractivity contribution >= 4 is 35.8 Å². The molecule has 0 saturated heterocycles. The average molecular weight is 468 g/mol. The second kappa shape index (κ2) is 10.5. The van der Waals surface area contributed by atoms with Gasteiger partial charge in [-0.3, -0.25) is 9.59 Å². The van der Waals surface area contributed by atoms with Crippen molar-refractivity contribution < 1.29 is 48.5 Å². The molecule has 0 aromatic heterocycles. The van der Waals surface area contributed by atoms with E-state index in [1.54, 1.807) is 0 Å². The molecule has 0 aliphatic heterocycles. The second-order valence-electron chi connectivity index (χ2n) is 7.68. The molecule has 10 nitrogen and oxygen atoms in total. The first kappa shape index (κ1) is 24.3. The van der Waals surface area contributed by atoms with E-state index in [4.69, 9.17) is 19.7 Å². The number of esters is 4. The van der Waals surface area contributed by atoms with Gasteiger partial charge in [-0.25, -0.2) is 19.2 Å². The predicted octanol–water partition coefficient (Wildman–Crippen LogP) is 2.96. The molecule has 0 spiro atoms. The number of carboxylic acid groups (broad SMARTS) is 2. The Bertz CT molecular complexity index is 1040. The monoisotopic (exact) mass is 468 g/mol. The first-order valence-corrected chi connectivity index (χ1v) is 10.4. The summed E-state index contributed by atoms with van der Waals surface area (Å²) in [5.41, 5.74) is -0.151. The van der Waals surface area contributed by atoms with Crippen LogP contribution in [0.15, 0.2) is 48.5 Å². The number of aromatic carboxylic acids is 2. The van der Waals surface area contributed by atoms with Crippen molar-refractivity contribution in [2.45, 2.75) is 25.7 Å². The van der Waals surface area contributed by atoms with E-state index in [-0.39, 0.29) is 35.1 Å². The standard InChI is InChI=1S/C24H20O10/c25-19(26)13-5-9-15(10-6-13)21(29)33-23(31)17-3-1-2-4-18(17)24(32)34-22(30)16-11-7-14(8-12-16)20(27)28/h5-12,17-18H,1-4H2,(H,25,26)(H,27,28). The highest BCUT2D eigenvalue weighted by Gasteiger charge is 2.39. The molecule has 2 unspecified atom stereocenters. The smallest absolute Gasteiger partial charge is 0.345 e. The van der Waals surface area contributed by atoms with Crippen LogP contribution in [0.2, 0.25) is 0 Å². The lowest BCUT2D eigenvalue weighted by molar-refractivity contribution is -0.156. The largest absolute Gasteiger partial charge is 0.478 e. The van der Waals surface area contributed by atoms with Crippen molar-refractivity contribution in [1.29, 1.82) is 0 Å². The van der Waals surface area contributed by atoms with Crippen LogP contribution in [0, 0.1) is 11.8 Å². The fraction of sp³-hybridized carbons (Fsp3) is 0.250. The van der Waals surface area contributed by atoms with Gasteiger partial charge in [0.1, 0.15) is 0 Å². The molecule has 2 atom stereocenters. The zero-order chi connectivity index (χ0) is 24.8. The van der Waals surface area contributed by atoms with Crippen LogP contribution in [0.3, 0.4) is 0 Å². The summed E-state index contributed by atoms with van der Waals surface area (Å²) in [5.74, 6) is -8.20. The SMILES string of the molecule is O=C(O)c1ccc(C(=O)OC(=O)C2CCCCC2C(=O)OC(=O)c2ccc(C(=O)O)cc2)cc1. The van der Waals surface area contributed by atoms with E-state index in [0.717, 1.165) is 0 Å². The summed E-state index contributed by atoms with van der Waals surface area (Å²) in [6, 6.07) is 9.61. The Hall–Kier alpha value is -4.34. The molecule has 0 bridgehead atoms. The van der Waals surface area contributed by atoms with Gasteiger partial charge in [-0.1, -0.05) is 12.8 Å². The average Bonchev–Trinajstić information content (AvgIpc) is 2.83. The Labute approximate surface area is 193 Å². The van der Waals surface area contributed by atoms with E-state index >= 15 is 0 Å². The zero-order valence-corrected chi connectivity index (χ0v) is 17.8. The highest BCUT2D eigenvalue weighted by Crippen LogP contribution is 2.32. The van der Waals surface area contributed by atoms with Gasteiger partial charge in [0, 0.05) is 0 Å². The van der Waals surface area contributed by atoms with Gasteiger partial charge in [0.15, 0.2) is 0 Å². The second-order valence-corrected chi connectivity index (χ2v) is 7.68. The molecule has 0 radical (unpaired) electrons. The quantitative estimate of drug-likeness (QED) is 0.476. The van der Waals surface area contributed by atoms with Crippen LogP contribution in [0.5, 0.6) is 0 Å². The van der Waals surface area contributed by atoms with Crippen molar-refractivity contribution in [3.05, 3.63) is 70.8 Å². The van der Waals surface area contributed by atoms with Crippen LogP contribution in [0.1, 0.15) is 67.1 Å². The maximum Gasteiger partial charge on any atom is 0.345 e. The molecular formula is C24H20O10. The zero-order valence-electron chi connectivity index (χ0n) is 17.8. The third-order valence-electron chi connectivity index (χ3n) is 5.49. The highest BCUT2D eigenvalue weighted by molar-refractivity contribution is 6.01. The lowest BCUT2D eigenvalue weighted by Gasteiger charge is -2.27. The van der Waals surface area contributed by atoms with Gasteiger partial charge < -0.3 is 19.7 Å². The lowest BCUT2D eigenvalue weighted by atomic mass is 9.79. The fourth-order valence-electron chi connectivity index (χ4n) is 3.64. The van der Waals surface area contributed by atoms with Crippen molar-refractivity contribution in [3.63, 3.8) is 0 Å². The van der Waals surface area contributed by atoms with E-state index in [2.05, 4.69) is 0 Å². The van der Waals surface area contributed by atoms with Crippen LogP contribution in [0.4, 0.5) is 0 Å². The normalized spacial score (nSPS) is 17.3. The van der Waals surface area contributed by atoms with Gasteiger partial charge in [-0.05, 0) is 61.4 Å². The number of hydrogen-bond acceptors (Lipinski definition) is 8. The Kier molecular flexibility index (Phi) is 7.52. The summed E-state index contributed by atoms with van der Waals surface area (Å²) >= 11 is 0. The Morgan fingerprint density at radius 3 is 1.15 bits per heavy atom. The number of carbonyl (C=O) groups is 6. The summed E-state index contributed by atoms with van der Waals surface area (Å²) in [6.07, 6.45) is 1.72. The van der Waals surface area contributed by atoms with Crippen molar-refractivity contribution in [1.82, 2.24) is 0 Å². The third kappa shape index (κ3) is 5.71. The van der Waals surface area contributed by atoms with Gasteiger partial charge in [0.25, 0.3) is 0 Å². The fourth-order valence-corrected chi connectivity index (χ4v) is 3.64. The molecule has 1 fully saturated rings. The number of hydrogen-bond donors (Lipinski definition) is 2. The van der Waals surface area contributed by atoms with Crippen LogP contribution in [-0.2, 0) is 19.1 Å². The summed E-state index contributed by atoms with van der Waals surface area (Å²) in [7, 11) is 0. The van der Waals surface area contributed by atoms with Crippen molar-refractivity contribution in [3.8, 4) is 0 Å². The summed E-state index contributed by atoms with van der Waals surface area (Å²) in [6.45, 7) is 0. The first-order valence-electron chi connectivity index (χ1n) is 10.4. The molecular weight excluding hydrogens is 448 g/mol. The maximum atomic E-state index is 12.6. The molecule has 0 amide bonds. The molecule has 3 rings (SSSR count). The third-order valence-corrected chi connectivity index (χ3v) is 5.49. The molecule has 2 aromatic rings. The number of benzene rings is 2. The molecule has 0 heterocycles. The number of carbonyl (C=O) groups excluding carboxylic acids is 4. The van der Waals surface area contributed by atoms with Crippen molar-refractivity contribution in [2.24, 2.45) is 11.8 Å². The van der Waals surface area contributed by atoms with E-state index < -0.39 is 47.7 Å². The molecule has 2 aromatic carbocycles. The molecule has 176 valence electrons. The maximum absolute atomic E-state index is 12.6. The summed E-state index contributed by atoms with van der Waals surface area (Å²) < 4.78 is 9.82. The predicted molar refractivity (Wildman–Crippen MR) is 113 cm³/mol. The van der Waals surface area contributed by atoms with E-state index in [1.807, 2.05) is 0 Å². The Balaban J connectivity index is 1.65. The van der Waals surface area contributed by atoms with Crippen LogP contribution in [0.25, 0.3) is 0 Å². The van der Waals surface area contributed by atoms with Crippen LogP contribution >= 0.6 is 0 Å². The minimum atomic E-state index is -1.17. The molecule has 1 aliphatic rings. The minimum Gasteiger partial charge on any atom is -0.478 e. The summed E-state index contributed by atoms with van der Waals surface area (Å²) in [5, 5.41) is 17.8. The van der Waals surface area contributed by atoms with Crippen LogP contribution < -0.4 is 0 Å². The van der Waals surface area contributed by atoms with Crippen LogP contribution in [-0.4, -0.2) is 46.0 Å². The first-order chi connectivity index (χ1) is 16.2. The summed E-state index contributed by atoms with van der Waals surface area (Å²) in [4.78, 5) is 71.7.